The summed E-state index contributed by atoms with van der Waals surface area (Å²) in [6.07, 6.45) is 0. The number of phenolic OH excluding ortho intramolecular Hbond substituents is 1. The molecule has 1 amide bonds. The van der Waals surface area contributed by atoms with E-state index >= 15 is 0 Å². The minimum Gasteiger partial charge on any atom is -0.506 e. The van der Waals surface area contributed by atoms with Gasteiger partial charge >= 0.3 is 0 Å². The number of hydrogen-bond donors (Lipinski definition) is 1. The first-order chi connectivity index (χ1) is 11.1. The van der Waals surface area contributed by atoms with E-state index in [2.05, 4.69) is 0 Å². The van der Waals surface area contributed by atoms with Gasteiger partial charge in [-0.25, -0.2) is 8.78 Å². The average molecular weight is 318 g/mol. The van der Waals surface area contributed by atoms with Gasteiger partial charge in [-0.2, -0.15) is 0 Å². The lowest BCUT2D eigenvalue weighted by atomic mass is 10.1. The summed E-state index contributed by atoms with van der Waals surface area (Å²) >= 11 is 0. The highest BCUT2D eigenvalue weighted by Gasteiger charge is 2.25. The van der Waals surface area contributed by atoms with Gasteiger partial charge in [0.2, 0.25) is 0 Å². The number of para-hydroxylation sites is 2. The minimum atomic E-state index is -0.849. The summed E-state index contributed by atoms with van der Waals surface area (Å²) < 4.78 is 26.7. The third kappa shape index (κ3) is 3.11. The molecule has 0 saturated carbocycles. The second kappa shape index (κ2) is 6.24. The van der Waals surface area contributed by atoms with E-state index in [1.807, 2.05) is 17.0 Å². The Bertz CT molecular complexity index is 728. The smallest absolute Gasteiger partial charge is 0.256 e. The lowest BCUT2D eigenvalue weighted by molar-refractivity contribution is 0.0742. The zero-order valence-electron chi connectivity index (χ0n) is 12.4. The normalized spacial score (nSPS) is 14.9. The van der Waals surface area contributed by atoms with Gasteiger partial charge in [0.1, 0.15) is 17.4 Å². The van der Waals surface area contributed by atoms with Crippen LogP contribution in [0.1, 0.15) is 10.4 Å². The Morgan fingerprint density at radius 3 is 2.35 bits per heavy atom. The van der Waals surface area contributed by atoms with E-state index in [9.17, 15) is 18.7 Å². The van der Waals surface area contributed by atoms with Gasteiger partial charge in [-0.1, -0.05) is 12.1 Å². The first-order valence-corrected chi connectivity index (χ1v) is 7.33. The van der Waals surface area contributed by atoms with E-state index in [-0.39, 0.29) is 11.3 Å². The van der Waals surface area contributed by atoms with Gasteiger partial charge < -0.3 is 14.9 Å². The third-order valence-corrected chi connectivity index (χ3v) is 3.95. The van der Waals surface area contributed by atoms with Gasteiger partial charge in [0, 0.05) is 32.2 Å². The molecule has 0 radical (unpaired) electrons. The minimum absolute atomic E-state index is 0.123. The molecule has 4 nitrogen and oxygen atoms in total. The molecule has 0 spiro atoms. The Morgan fingerprint density at radius 2 is 1.70 bits per heavy atom. The van der Waals surface area contributed by atoms with Crippen molar-refractivity contribution >= 4 is 11.6 Å². The molecule has 3 rings (SSSR count). The molecule has 0 bridgehead atoms. The molecule has 1 heterocycles. The van der Waals surface area contributed by atoms with E-state index in [0.717, 1.165) is 6.07 Å². The van der Waals surface area contributed by atoms with Crippen molar-refractivity contribution in [3.05, 3.63) is 59.7 Å². The van der Waals surface area contributed by atoms with Crippen LogP contribution >= 0.6 is 0 Å². The number of aromatic hydroxyl groups is 1. The molecule has 6 heteroatoms. The van der Waals surface area contributed by atoms with Crippen LogP contribution in [0.25, 0.3) is 0 Å². The fourth-order valence-corrected chi connectivity index (χ4v) is 2.72. The van der Waals surface area contributed by atoms with E-state index in [1.54, 1.807) is 12.1 Å². The highest BCUT2D eigenvalue weighted by Crippen LogP contribution is 2.27. The van der Waals surface area contributed by atoms with E-state index in [1.165, 1.54) is 11.0 Å². The fourth-order valence-electron chi connectivity index (χ4n) is 2.72. The third-order valence-electron chi connectivity index (χ3n) is 3.95. The van der Waals surface area contributed by atoms with E-state index in [0.29, 0.717) is 37.9 Å². The molecule has 0 aliphatic carbocycles. The van der Waals surface area contributed by atoms with Crippen molar-refractivity contribution in [3.63, 3.8) is 0 Å². The Morgan fingerprint density at radius 1 is 1.00 bits per heavy atom. The largest absolute Gasteiger partial charge is 0.506 e. The Hall–Kier alpha value is -2.63. The van der Waals surface area contributed by atoms with Crippen molar-refractivity contribution in [1.82, 2.24) is 4.90 Å². The van der Waals surface area contributed by atoms with Gasteiger partial charge in [0.05, 0.1) is 11.3 Å². The van der Waals surface area contributed by atoms with Gasteiger partial charge in [-0.15, -0.1) is 0 Å². The summed E-state index contributed by atoms with van der Waals surface area (Å²) in [4.78, 5) is 15.8. The Kier molecular flexibility index (Phi) is 4.14. The lowest BCUT2D eigenvalue weighted by Gasteiger charge is -2.36. The number of amides is 1. The molecule has 120 valence electrons. The van der Waals surface area contributed by atoms with Gasteiger partial charge in [0.15, 0.2) is 0 Å². The molecule has 0 unspecified atom stereocenters. The molecule has 23 heavy (non-hydrogen) atoms. The van der Waals surface area contributed by atoms with E-state index < -0.39 is 17.5 Å². The van der Waals surface area contributed by atoms with Gasteiger partial charge in [0.25, 0.3) is 5.91 Å². The van der Waals surface area contributed by atoms with Crippen LogP contribution in [0.4, 0.5) is 14.5 Å². The maximum Gasteiger partial charge on any atom is 0.256 e. The van der Waals surface area contributed by atoms with Crippen LogP contribution in [0.2, 0.25) is 0 Å². The number of halogens is 2. The van der Waals surface area contributed by atoms with Crippen LogP contribution in [-0.2, 0) is 0 Å². The molecule has 2 aromatic carbocycles. The van der Waals surface area contributed by atoms with Gasteiger partial charge in [-0.3, -0.25) is 4.79 Å². The highest BCUT2D eigenvalue weighted by molar-refractivity contribution is 5.94. The number of carbonyl (C=O) groups excluding carboxylic acids is 1. The SMILES string of the molecule is O=C(c1ccc(F)cc1F)N1CCN(c2ccccc2O)CC1. The number of phenols is 1. The Labute approximate surface area is 132 Å². The summed E-state index contributed by atoms with van der Waals surface area (Å²) in [6, 6.07) is 9.96. The van der Waals surface area contributed by atoms with Crippen LogP contribution in [-0.4, -0.2) is 42.1 Å². The zero-order valence-corrected chi connectivity index (χ0v) is 12.4. The molecule has 1 aliphatic heterocycles. The average Bonchev–Trinajstić information content (AvgIpc) is 2.55. The highest BCUT2D eigenvalue weighted by atomic mass is 19.1. The standard InChI is InChI=1S/C17H16F2N2O2/c18-12-5-6-13(14(19)11-12)17(23)21-9-7-20(8-10-21)15-3-1-2-4-16(15)22/h1-6,11,22H,7-10H2. The lowest BCUT2D eigenvalue weighted by Crippen LogP contribution is -2.49. The summed E-state index contributed by atoms with van der Waals surface area (Å²) in [5.74, 6) is -1.81. The molecular weight excluding hydrogens is 302 g/mol. The summed E-state index contributed by atoms with van der Waals surface area (Å²) in [7, 11) is 0. The van der Waals surface area contributed by atoms with Crippen LogP contribution in [0.5, 0.6) is 5.75 Å². The molecule has 1 N–H and O–H groups in total. The zero-order chi connectivity index (χ0) is 16.4. The first-order valence-electron chi connectivity index (χ1n) is 7.33. The van der Waals surface area contributed by atoms with E-state index in [4.69, 9.17) is 0 Å². The molecule has 0 aromatic heterocycles. The molecule has 1 saturated heterocycles. The van der Waals surface area contributed by atoms with Crippen molar-refractivity contribution in [2.45, 2.75) is 0 Å². The van der Waals surface area contributed by atoms with Gasteiger partial charge in [-0.05, 0) is 24.3 Å². The number of carbonyl (C=O) groups is 1. The van der Waals surface area contributed by atoms with Crippen molar-refractivity contribution in [1.29, 1.82) is 0 Å². The topological polar surface area (TPSA) is 43.8 Å². The molecule has 1 aliphatic rings. The van der Waals surface area contributed by atoms with Crippen LogP contribution in [0, 0.1) is 11.6 Å². The Balaban J connectivity index is 1.69. The van der Waals surface area contributed by atoms with Crippen LogP contribution in [0.15, 0.2) is 42.5 Å². The quantitative estimate of drug-likeness (QED) is 0.926. The maximum absolute atomic E-state index is 13.7. The monoisotopic (exact) mass is 318 g/mol. The first kappa shape index (κ1) is 15.3. The predicted molar refractivity (Wildman–Crippen MR) is 82.6 cm³/mol. The van der Waals surface area contributed by atoms with Crippen LogP contribution < -0.4 is 4.90 Å². The van der Waals surface area contributed by atoms with Crippen LogP contribution in [0.3, 0.4) is 0 Å². The summed E-state index contributed by atoms with van der Waals surface area (Å²) in [5.41, 5.74) is 0.593. The van der Waals surface area contributed by atoms with Crippen molar-refractivity contribution in [2.24, 2.45) is 0 Å². The summed E-state index contributed by atoms with van der Waals surface area (Å²) in [5, 5.41) is 9.87. The molecule has 2 aromatic rings. The maximum atomic E-state index is 13.7. The number of hydrogen-bond acceptors (Lipinski definition) is 3. The second-order valence-corrected chi connectivity index (χ2v) is 5.39. The molecule has 1 fully saturated rings. The number of piperazine rings is 1. The number of anilines is 1. The number of benzene rings is 2. The van der Waals surface area contributed by atoms with Crippen molar-refractivity contribution in [2.75, 3.05) is 31.1 Å². The second-order valence-electron chi connectivity index (χ2n) is 5.39. The summed E-state index contributed by atoms with van der Waals surface area (Å²) in [6.45, 7) is 1.88. The predicted octanol–water partition coefficient (Wildman–Crippen LogP) is 2.63. The molecular formula is C17H16F2N2O2. The van der Waals surface area contributed by atoms with Crippen molar-refractivity contribution < 1.29 is 18.7 Å². The van der Waals surface area contributed by atoms with Crippen molar-refractivity contribution in [3.8, 4) is 5.75 Å². The number of nitrogens with zero attached hydrogens (tertiary/aromatic N) is 2. The number of rotatable bonds is 2. The fraction of sp³-hybridized carbons (Fsp3) is 0.235. The molecule has 0 atom stereocenters.